The summed E-state index contributed by atoms with van der Waals surface area (Å²) in [7, 11) is -0.899. The molecule has 0 radical (unpaired) electrons. The van der Waals surface area contributed by atoms with Gasteiger partial charge in [0.25, 0.3) is 0 Å². The number of sulfone groups is 1. The summed E-state index contributed by atoms with van der Waals surface area (Å²) in [6.45, 7) is 0.692. The monoisotopic (exact) mass is 283 g/mol. The molecule has 1 unspecified atom stereocenters. The van der Waals surface area contributed by atoms with Crippen LogP contribution < -0.4 is 0 Å². The maximum Gasteiger partial charge on any atom is 0.151 e. The fraction of sp³-hybridized carbons (Fsp3) is 0.429. The Hall–Kier alpha value is -1.20. The number of hydrogen-bond donors (Lipinski definition) is 0. The van der Waals surface area contributed by atoms with E-state index in [9.17, 15) is 12.8 Å². The molecule has 0 aliphatic carbocycles. The molecule has 2 rings (SSSR count). The standard InChI is InChI=1S/C14H18FNO2S/c1-16(14-8-10-19(17,18)11-14)9-2-3-12-4-6-13(15)7-5-12/h2-7,14H,8-11H2,1H3/b3-2+. The van der Waals surface area contributed by atoms with Crippen LogP contribution in [0.5, 0.6) is 0 Å². The quantitative estimate of drug-likeness (QED) is 0.847. The first kappa shape index (κ1) is 14.2. The van der Waals surface area contributed by atoms with Crippen LogP contribution in [0, 0.1) is 5.82 Å². The minimum atomic E-state index is -2.83. The lowest BCUT2D eigenvalue weighted by atomic mass is 10.2. The van der Waals surface area contributed by atoms with Gasteiger partial charge in [-0.25, -0.2) is 12.8 Å². The van der Waals surface area contributed by atoms with Crippen LogP contribution in [0.15, 0.2) is 30.3 Å². The van der Waals surface area contributed by atoms with E-state index in [0.29, 0.717) is 18.7 Å². The van der Waals surface area contributed by atoms with Crippen LogP contribution >= 0.6 is 0 Å². The second kappa shape index (κ2) is 5.84. The predicted octanol–water partition coefficient (Wildman–Crippen LogP) is 1.96. The molecular weight excluding hydrogens is 265 g/mol. The van der Waals surface area contributed by atoms with Crippen LogP contribution in [0.4, 0.5) is 4.39 Å². The van der Waals surface area contributed by atoms with E-state index in [0.717, 1.165) is 5.56 Å². The number of benzene rings is 1. The van der Waals surface area contributed by atoms with Gasteiger partial charge >= 0.3 is 0 Å². The summed E-state index contributed by atoms with van der Waals surface area (Å²) >= 11 is 0. The molecule has 0 bridgehead atoms. The summed E-state index contributed by atoms with van der Waals surface area (Å²) in [5.41, 5.74) is 0.939. The van der Waals surface area contributed by atoms with Crippen LogP contribution in [-0.4, -0.2) is 44.5 Å². The van der Waals surface area contributed by atoms with Gasteiger partial charge in [0.05, 0.1) is 11.5 Å². The first-order valence-electron chi connectivity index (χ1n) is 6.29. The number of likely N-dealkylation sites (N-methyl/N-ethyl adjacent to an activating group) is 1. The SMILES string of the molecule is CN(C/C=C/c1ccc(F)cc1)C1CCS(=O)(=O)C1. The van der Waals surface area contributed by atoms with Crippen molar-refractivity contribution in [1.29, 1.82) is 0 Å². The van der Waals surface area contributed by atoms with Crippen molar-refractivity contribution in [2.75, 3.05) is 25.1 Å². The normalized spacial score (nSPS) is 22.4. The highest BCUT2D eigenvalue weighted by Crippen LogP contribution is 2.16. The third-order valence-corrected chi connectivity index (χ3v) is 5.16. The molecule has 19 heavy (non-hydrogen) atoms. The smallest absolute Gasteiger partial charge is 0.151 e. The van der Waals surface area contributed by atoms with Gasteiger partial charge in [-0.05, 0) is 31.2 Å². The Kier molecular flexibility index (Phi) is 4.37. The van der Waals surface area contributed by atoms with E-state index in [2.05, 4.69) is 0 Å². The summed E-state index contributed by atoms with van der Waals surface area (Å²) in [5, 5.41) is 0. The molecule has 104 valence electrons. The van der Waals surface area contributed by atoms with Crippen molar-refractivity contribution in [2.45, 2.75) is 12.5 Å². The van der Waals surface area contributed by atoms with Crippen molar-refractivity contribution >= 4 is 15.9 Å². The van der Waals surface area contributed by atoms with E-state index in [1.807, 2.05) is 24.1 Å². The van der Waals surface area contributed by atoms with Crippen molar-refractivity contribution in [3.8, 4) is 0 Å². The molecule has 0 N–H and O–H groups in total. The molecule has 0 saturated carbocycles. The van der Waals surface area contributed by atoms with Gasteiger partial charge < -0.3 is 0 Å². The first-order chi connectivity index (χ1) is 8.96. The Morgan fingerprint density at radius 1 is 1.37 bits per heavy atom. The van der Waals surface area contributed by atoms with Gasteiger partial charge in [0.1, 0.15) is 5.82 Å². The van der Waals surface area contributed by atoms with Crippen molar-refractivity contribution < 1.29 is 12.8 Å². The van der Waals surface area contributed by atoms with E-state index < -0.39 is 9.84 Å². The Labute approximate surface area is 113 Å². The molecule has 1 aliphatic rings. The summed E-state index contributed by atoms with van der Waals surface area (Å²) in [6, 6.07) is 6.39. The minimum absolute atomic E-state index is 0.114. The second-order valence-corrected chi connectivity index (χ2v) is 7.18. The highest BCUT2D eigenvalue weighted by atomic mass is 32.2. The lowest BCUT2D eigenvalue weighted by molar-refractivity contribution is 0.290. The van der Waals surface area contributed by atoms with Crippen LogP contribution in [-0.2, 0) is 9.84 Å². The van der Waals surface area contributed by atoms with E-state index in [4.69, 9.17) is 0 Å². The average Bonchev–Trinajstić information content (AvgIpc) is 2.72. The van der Waals surface area contributed by atoms with Gasteiger partial charge in [-0.1, -0.05) is 24.3 Å². The molecule has 0 spiro atoms. The summed E-state index contributed by atoms with van der Waals surface area (Å²) in [4.78, 5) is 2.05. The number of rotatable bonds is 4. The fourth-order valence-corrected chi connectivity index (χ4v) is 4.01. The zero-order valence-electron chi connectivity index (χ0n) is 10.9. The van der Waals surface area contributed by atoms with Crippen molar-refractivity contribution in [3.05, 3.63) is 41.7 Å². The molecule has 0 amide bonds. The van der Waals surface area contributed by atoms with E-state index in [-0.39, 0.29) is 17.6 Å². The molecule has 5 heteroatoms. The summed E-state index contributed by atoms with van der Waals surface area (Å²) in [6.07, 6.45) is 4.60. The lowest BCUT2D eigenvalue weighted by Gasteiger charge is -2.21. The second-order valence-electron chi connectivity index (χ2n) is 4.95. The summed E-state index contributed by atoms with van der Waals surface area (Å²) < 4.78 is 35.5. The lowest BCUT2D eigenvalue weighted by Crippen LogP contribution is -2.32. The fourth-order valence-electron chi connectivity index (χ4n) is 2.20. The molecule has 1 aromatic rings. The highest BCUT2D eigenvalue weighted by Gasteiger charge is 2.29. The molecule has 0 aromatic heterocycles. The Balaban J connectivity index is 1.87. The van der Waals surface area contributed by atoms with Gasteiger partial charge in [0.2, 0.25) is 0 Å². The Morgan fingerprint density at radius 2 is 2.05 bits per heavy atom. The minimum Gasteiger partial charge on any atom is -0.299 e. The number of halogens is 1. The highest BCUT2D eigenvalue weighted by molar-refractivity contribution is 7.91. The Morgan fingerprint density at radius 3 is 2.63 bits per heavy atom. The average molecular weight is 283 g/mol. The van der Waals surface area contributed by atoms with Crippen molar-refractivity contribution in [2.24, 2.45) is 0 Å². The maximum absolute atomic E-state index is 12.7. The third-order valence-electron chi connectivity index (χ3n) is 3.41. The zero-order chi connectivity index (χ0) is 13.9. The molecule has 1 aromatic carbocycles. The van der Waals surface area contributed by atoms with Gasteiger partial charge in [-0.2, -0.15) is 0 Å². The first-order valence-corrected chi connectivity index (χ1v) is 8.11. The van der Waals surface area contributed by atoms with Crippen LogP contribution in [0.2, 0.25) is 0 Å². The van der Waals surface area contributed by atoms with Crippen LogP contribution in [0.1, 0.15) is 12.0 Å². The van der Waals surface area contributed by atoms with E-state index in [1.165, 1.54) is 12.1 Å². The van der Waals surface area contributed by atoms with Crippen LogP contribution in [0.3, 0.4) is 0 Å². The van der Waals surface area contributed by atoms with E-state index in [1.54, 1.807) is 12.1 Å². The molecule has 1 saturated heterocycles. The molecular formula is C14H18FNO2S. The van der Waals surface area contributed by atoms with Gasteiger partial charge in [0, 0.05) is 12.6 Å². The Bertz CT molecular complexity index is 551. The number of hydrogen-bond acceptors (Lipinski definition) is 3. The number of nitrogens with zero attached hydrogens (tertiary/aromatic N) is 1. The largest absolute Gasteiger partial charge is 0.299 e. The predicted molar refractivity (Wildman–Crippen MR) is 75.1 cm³/mol. The molecule has 1 atom stereocenters. The van der Waals surface area contributed by atoms with Gasteiger partial charge in [0.15, 0.2) is 9.84 Å². The third kappa shape index (κ3) is 4.14. The molecule has 1 aliphatic heterocycles. The van der Waals surface area contributed by atoms with Crippen LogP contribution in [0.25, 0.3) is 6.08 Å². The summed E-state index contributed by atoms with van der Waals surface area (Å²) in [5.74, 6) is 0.308. The molecule has 3 nitrogen and oxygen atoms in total. The van der Waals surface area contributed by atoms with Crippen molar-refractivity contribution in [3.63, 3.8) is 0 Å². The zero-order valence-corrected chi connectivity index (χ0v) is 11.7. The molecule has 1 fully saturated rings. The maximum atomic E-state index is 12.7. The van der Waals surface area contributed by atoms with Gasteiger partial charge in [-0.15, -0.1) is 0 Å². The molecule has 1 heterocycles. The van der Waals surface area contributed by atoms with E-state index >= 15 is 0 Å². The van der Waals surface area contributed by atoms with Crippen molar-refractivity contribution in [1.82, 2.24) is 4.90 Å². The topological polar surface area (TPSA) is 37.4 Å². The van der Waals surface area contributed by atoms with Gasteiger partial charge in [-0.3, -0.25) is 4.90 Å².